The summed E-state index contributed by atoms with van der Waals surface area (Å²) in [6.45, 7) is 1.86. The molecule has 2 aromatic heterocycles. The highest BCUT2D eigenvalue weighted by molar-refractivity contribution is 6.09. The molecule has 3 rings (SSSR count). The molecule has 0 amide bonds. The molecule has 3 heteroatoms. The fraction of sp³-hybridized carbons (Fsp3) is 0.125. The summed E-state index contributed by atoms with van der Waals surface area (Å²) < 4.78 is 10.2. The number of hydrogen-bond donors (Lipinski definition) is 0. The lowest BCUT2D eigenvalue weighted by Crippen LogP contribution is -2.00. The standard InChI is InChI=1S/C8H4O3/c1-3-4-2-5-7(10-4)6(3)8(9)11-5/h2H,1H3. The minimum absolute atomic E-state index is 0.281. The first-order chi connectivity index (χ1) is 5.27. The Morgan fingerprint density at radius 3 is 2.91 bits per heavy atom. The van der Waals surface area contributed by atoms with Gasteiger partial charge in [-0.2, -0.15) is 0 Å². The Kier molecular flexibility index (Phi) is 0.591. The van der Waals surface area contributed by atoms with Crippen molar-refractivity contribution in [3.8, 4) is 5.75 Å². The summed E-state index contributed by atoms with van der Waals surface area (Å²) >= 11 is 0. The molecule has 0 unspecified atom stereocenters. The van der Waals surface area contributed by atoms with Crippen LogP contribution in [0.1, 0.15) is 15.9 Å². The number of benzene rings is 1. The van der Waals surface area contributed by atoms with Crippen LogP contribution in [-0.2, 0) is 0 Å². The summed E-state index contributed by atoms with van der Waals surface area (Å²) in [6.07, 6.45) is 0. The highest BCUT2D eigenvalue weighted by Crippen LogP contribution is 2.41. The van der Waals surface area contributed by atoms with Gasteiger partial charge in [-0.15, -0.1) is 0 Å². The molecule has 0 spiro atoms. The molecule has 0 saturated carbocycles. The molecule has 0 saturated heterocycles. The van der Waals surface area contributed by atoms with E-state index in [0.29, 0.717) is 16.9 Å². The number of carbonyl (C=O) groups excluding carboxylic acids is 1. The number of rotatable bonds is 0. The first kappa shape index (κ1) is 5.18. The van der Waals surface area contributed by atoms with E-state index in [0.717, 1.165) is 11.1 Å². The second kappa shape index (κ2) is 1.25. The van der Waals surface area contributed by atoms with Gasteiger partial charge in [-0.1, -0.05) is 0 Å². The third-order valence-corrected chi connectivity index (χ3v) is 2.08. The molecule has 1 aliphatic rings. The normalized spacial score (nSPS) is 14.8. The van der Waals surface area contributed by atoms with E-state index in [9.17, 15) is 4.79 Å². The molecular weight excluding hydrogens is 144 g/mol. The van der Waals surface area contributed by atoms with Crippen LogP contribution in [0.5, 0.6) is 5.75 Å². The molecule has 3 nitrogen and oxygen atoms in total. The minimum Gasteiger partial charge on any atom is -0.452 e. The average molecular weight is 148 g/mol. The van der Waals surface area contributed by atoms with Gasteiger partial charge < -0.3 is 9.15 Å². The second-order valence-corrected chi connectivity index (χ2v) is 2.69. The van der Waals surface area contributed by atoms with Crippen LogP contribution < -0.4 is 4.74 Å². The maximum absolute atomic E-state index is 11.1. The van der Waals surface area contributed by atoms with E-state index in [4.69, 9.17) is 9.15 Å². The van der Waals surface area contributed by atoms with Gasteiger partial charge in [-0.3, -0.25) is 0 Å². The Hall–Kier alpha value is -1.51. The van der Waals surface area contributed by atoms with Crippen LogP contribution in [0.4, 0.5) is 0 Å². The molecular formula is C8H4O3. The number of hydrogen-bond acceptors (Lipinski definition) is 3. The fourth-order valence-corrected chi connectivity index (χ4v) is 1.50. The van der Waals surface area contributed by atoms with Crippen LogP contribution >= 0.6 is 0 Å². The maximum Gasteiger partial charge on any atom is 0.348 e. The molecule has 0 radical (unpaired) electrons. The van der Waals surface area contributed by atoms with E-state index in [-0.39, 0.29) is 5.97 Å². The Bertz CT molecular complexity index is 452. The van der Waals surface area contributed by atoms with Crippen LogP contribution in [0.2, 0.25) is 0 Å². The van der Waals surface area contributed by atoms with Crippen molar-refractivity contribution in [2.24, 2.45) is 0 Å². The zero-order chi connectivity index (χ0) is 7.59. The SMILES string of the molecule is Cc1c2c3oc1cc3OC2=O. The van der Waals surface area contributed by atoms with Gasteiger partial charge in [0.25, 0.3) is 0 Å². The van der Waals surface area contributed by atoms with Crippen LogP contribution in [0.15, 0.2) is 10.5 Å². The smallest absolute Gasteiger partial charge is 0.348 e. The Balaban J connectivity index is 2.62. The second-order valence-electron chi connectivity index (χ2n) is 2.69. The van der Waals surface area contributed by atoms with Crippen molar-refractivity contribution in [3.63, 3.8) is 0 Å². The average Bonchev–Trinajstić information content (AvgIpc) is 2.47. The Labute approximate surface area is 61.9 Å². The van der Waals surface area contributed by atoms with Gasteiger partial charge >= 0.3 is 5.97 Å². The van der Waals surface area contributed by atoms with Crippen molar-refractivity contribution < 1.29 is 13.9 Å². The predicted octanol–water partition coefficient (Wildman–Crippen LogP) is 1.71. The lowest BCUT2D eigenvalue weighted by atomic mass is 10.1. The van der Waals surface area contributed by atoms with Gasteiger partial charge in [0.05, 0.1) is 0 Å². The lowest BCUT2D eigenvalue weighted by molar-refractivity contribution is 0.0755. The van der Waals surface area contributed by atoms with Gasteiger partial charge in [-0.05, 0) is 6.92 Å². The molecule has 2 bridgehead atoms. The number of carbonyl (C=O) groups is 1. The summed E-state index contributed by atoms with van der Waals surface area (Å²) in [5.74, 6) is 0.293. The van der Waals surface area contributed by atoms with Gasteiger partial charge in [-0.25, -0.2) is 4.79 Å². The van der Waals surface area contributed by atoms with E-state index in [1.165, 1.54) is 0 Å². The summed E-state index contributed by atoms with van der Waals surface area (Å²) in [5.41, 5.74) is 2.88. The molecule has 0 aromatic carbocycles. The van der Waals surface area contributed by atoms with Crippen LogP contribution in [0.3, 0.4) is 0 Å². The third-order valence-electron chi connectivity index (χ3n) is 2.08. The number of ether oxygens (including phenoxy) is 1. The molecule has 2 aromatic rings. The largest absolute Gasteiger partial charge is 0.452 e. The van der Waals surface area contributed by atoms with Gasteiger partial charge in [0, 0.05) is 11.6 Å². The highest BCUT2D eigenvalue weighted by Gasteiger charge is 2.32. The van der Waals surface area contributed by atoms with E-state index >= 15 is 0 Å². The first-order valence-corrected chi connectivity index (χ1v) is 3.35. The molecule has 11 heavy (non-hydrogen) atoms. The number of fused-ring (bicyclic) bond motifs is 1. The molecule has 0 N–H and O–H groups in total. The van der Waals surface area contributed by atoms with Crippen molar-refractivity contribution in [1.29, 1.82) is 0 Å². The van der Waals surface area contributed by atoms with E-state index in [1.807, 2.05) is 6.92 Å². The van der Waals surface area contributed by atoms with E-state index < -0.39 is 0 Å². The molecule has 1 aliphatic heterocycles. The van der Waals surface area contributed by atoms with Gasteiger partial charge in [0.15, 0.2) is 11.3 Å². The molecule has 0 aliphatic carbocycles. The summed E-state index contributed by atoms with van der Waals surface area (Å²) in [6, 6.07) is 1.75. The zero-order valence-electron chi connectivity index (χ0n) is 5.80. The van der Waals surface area contributed by atoms with Crippen molar-refractivity contribution >= 4 is 17.1 Å². The Morgan fingerprint density at radius 1 is 1.45 bits per heavy atom. The number of aryl methyl sites for hydroxylation is 1. The van der Waals surface area contributed by atoms with Crippen LogP contribution in [0.25, 0.3) is 11.2 Å². The molecule has 0 fully saturated rings. The maximum atomic E-state index is 11.1. The molecule has 54 valence electrons. The van der Waals surface area contributed by atoms with Gasteiger partial charge in [0.2, 0.25) is 0 Å². The van der Waals surface area contributed by atoms with Crippen molar-refractivity contribution in [1.82, 2.24) is 0 Å². The number of esters is 1. The van der Waals surface area contributed by atoms with Crippen molar-refractivity contribution in [3.05, 3.63) is 17.2 Å². The molecule has 3 heterocycles. The molecule has 0 atom stereocenters. The third kappa shape index (κ3) is 0.385. The quantitative estimate of drug-likeness (QED) is 0.534. The first-order valence-electron chi connectivity index (χ1n) is 3.35. The zero-order valence-corrected chi connectivity index (χ0v) is 5.80. The van der Waals surface area contributed by atoms with Crippen LogP contribution in [0, 0.1) is 6.92 Å². The fourth-order valence-electron chi connectivity index (χ4n) is 1.50. The predicted molar refractivity (Wildman–Crippen MR) is 37.1 cm³/mol. The monoisotopic (exact) mass is 148 g/mol. The highest BCUT2D eigenvalue weighted by atomic mass is 16.6. The summed E-state index contributed by atoms with van der Waals surface area (Å²) in [4.78, 5) is 11.1. The summed E-state index contributed by atoms with van der Waals surface area (Å²) in [7, 11) is 0. The van der Waals surface area contributed by atoms with E-state index in [1.54, 1.807) is 6.07 Å². The Morgan fingerprint density at radius 2 is 2.27 bits per heavy atom. The topological polar surface area (TPSA) is 39.4 Å². The van der Waals surface area contributed by atoms with E-state index in [2.05, 4.69) is 0 Å². The van der Waals surface area contributed by atoms with Crippen molar-refractivity contribution in [2.75, 3.05) is 0 Å². The van der Waals surface area contributed by atoms with Gasteiger partial charge in [0.1, 0.15) is 11.1 Å². The minimum atomic E-state index is -0.281. The number of furan rings is 2. The summed E-state index contributed by atoms with van der Waals surface area (Å²) in [5, 5.41) is 0. The van der Waals surface area contributed by atoms with Crippen LogP contribution in [-0.4, -0.2) is 5.97 Å². The van der Waals surface area contributed by atoms with Crippen molar-refractivity contribution in [2.45, 2.75) is 6.92 Å². The lowest BCUT2D eigenvalue weighted by Gasteiger charge is -1.86.